The lowest BCUT2D eigenvalue weighted by Gasteiger charge is -2.08. The molecule has 0 aliphatic rings. The molecular formula is C10H10FN3S. The Morgan fingerprint density at radius 3 is 2.87 bits per heavy atom. The fourth-order valence-corrected chi connectivity index (χ4v) is 1.70. The highest BCUT2D eigenvalue weighted by Gasteiger charge is 2.01. The normalized spacial score (nSPS) is 12.0. The van der Waals surface area contributed by atoms with Gasteiger partial charge in [0.05, 0.1) is 17.6 Å². The first kappa shape index (κ1) is 9.92. The van der Waals surface area contributed by atoms with Gasteiger partial charge >= 0.3 is 0 Å². The van der Waals surface area contributed by atoms with Gasteiger partial charge in [-0.25, -0.2) is 4.39 Å². The van der Waals surface area contributed by atoms with E-state index in [1.54, 1.807) is 23.8 Å². The Bertz CT molecular complexity index is 481. The number of nitrogens with two attached hydrogens (primary N) is 1. The molecule has 0 atom stereocenters. The molecule has 0 saturated carbocycles. The Morgan fingerprint density at radius 2 is 2.40 bits per heavy atom. The van der Waals surface area contributed by atoms with Gasteiger partial charge < -0.3 is 5.73 Å². The molecule has 0 bridgehead atoms. The molecule has 0 saturated heterocycles. The molecule has 2 N–H and O–H groups in total. The van der Waals surface area contributed by atoms with Crippen molar-refractivity contribution in [2.45, 2.75) is 6.92 Å². The number of hydrogen-bond donors (Lipinski definition) is 1. The monoisotopic (exact) mass is 223 g/mol. The topological polar surface area (TPSA) is 43.8 Å². The predicted molar refractivity (Wildman–Crippen MR) is 59.6 cm³/mol. The highest BCUT2D eigenvalue weighted by molar-refractivity contribution is 7.06. The fraction of sp³-hybridized carbons (Fsp3) is 0.100. The number of pyridine rings is 1. The van der Waals surface area contributed by atoms with Crippen LogP contribution < -0.4 is 5.73 Å². The van der Waals surface area contributed by atoms with E-state index >= 15 is 0 Å². The maximum Gasteiger partial charge on any atom is 0.141 e. The van der Waals surface area contributed by atoms with Gasteiger partial charge in [0, 0.05) is 17.3 Å². The summed E-state index contributed by atoms with van der Waals surface area (Å²) in [6.07, 6.45) is 2.93. The lowest BCUT2D eigenvalue weighted by molar-refractivity contribution is 0.621. The molecule has 0 amide bonds. The van der Waals surface area contributed by atoms with Crippen molar-refractivity contribution >= 4 is 23.4 Å². The van der Waals surface area contributed by atoms with Crippen LogP contribution in [0.1, 0.15) is 11.4 Å². The number of rotatable bonds is 2. The molecule has 0 unspecified atom stereocenters. The van der Waals surface area contributed by atoms with Gasteiger partial charge in [0.2, 0.25) is 0 Å². The maximum absolute atomic E-state index is 12.6. The average molecular weight is 223 g/mol. The largest absolute Gasteiger partial charge is 0.396 e. The smallest absolute Gasteiger partial charge is 0.141 e. The van der Waals surface area contributed by atoms with Crippen molar-refractivity contribution in [3.8, 4) is 0 Å². The van der Waals surface area contributed by atoms with E-state index in [-0.39, 0.29) is 5.82 Å². The molecular weight excluding hydrogens is 213 g/mol. The number of halogens is 1. The molecule has 0 aromatic carbocycles. The summed E-state index contributed by atoms with van der Waals surface area (Å²) in [4.78, 5) is 3.89. The third kappa shape index (κ3) is 2.07. The zero-order chi connectivity index (χ0) is 10.8. The van der Waals surface area contributed by atoms with Crippen molar-refractivity contribution in [1.82, 2.24) is 8.94 Å². The second kappa shape index (κ2) is 3.86. The molecule has 2 aromatic rings. The summed E-state index contributed by atoms with van der Waals surface area (Å²) in [5.41, 5.74) is 8.04. The molecule has 3 nitrogen and oxygen atoms in total. The predicted octanol–water partition coefficient (Wildman–Crippen LogP) is 2.31. The first-order valence-electron chi connectivity index (χ1n) is 4.39. The van der Waals surface area contributed by atoms with E-state index in [0.29, 0.717) is 11.4 Å². The zero-order valence-electron chi connectivity index (χ0n) is 8.14. The zero-order valence-corrected chi connectivity index (χ0v) is 8.96. The van der Waals surface area contributed by atoms with Crippen LogP contribution in [0.25, 0.3) is 11.9 Å². The van der Waals surface area contributed by atoms with E-state index in [9.17, 15) is 4.39 Å². The summed E-state index contributed by atoms with van der Waals surface area (Å²) < 4.78 is 14.5. The molecule has 78 valence electrons. The van der Waals surface area contributed by atoms with Crippen molar-refractivity contribution in [3.05, 3.63) is 40.9 Å². The summed E-state index contributed by atoms with van der Waals surface area (Å²) in [5, 5.41) is 2.02. The molecule has 0 spiro atoms. The van der Waals surface area contributed by atoms with Gasteiger partial charge in [-0.15, -0.1) is 0 Å². The number of hydrogen-bond acceptors (Lipinski definition) is 3. The summed E-state index contributed by atoms with van der Waals surface area (Å²) in [5.74, 6) is -0.360. The lowest BCUT2D eigenvalue weighted by atomic mass is 10.3. The minimum atomic E-state index is -0.360. The van der Waals surface area contributed by atoms with Crippen molar-refractivity contribution in [2.75, 3.05) is 0 Å². The third-order valence-electron chi connectivity index (χ3n) is 1.96. The Morgan fingerprint density at radius 1 is 1.60 bits per heavy atom. The van der Waals surface area contributed by atoms with E-state index in [4.69, 9.17) is 5.73 Å². The van der Waals surface area contributed by atoms with Gasteiger partial charge in [-0.2, -0.15) is 0 Å². The van der Waals surface area contributed by atoms with Gasteiger partial charge in [0.1, 0.15) is 5.82 Å². The molecule has 2 rings (SSSR count). The van der Waals surface area contributed by atoms with E-state index < -0.39 is 0 Å². The fourth-order valence-electron chi connectivity index (χ4n) is 1.09. The van der Waals surface area contributed by atoms with Crippen LogP contribution in [-0.4, -0.2) is 8.94 Å². The SMILES string of the molecule is Cc1csn1/C=C(\N)c1ccc(F)cn1. The second-order valence-corrected chi connectivity index (χ2v) is 3.98. The molecule has 2 heterocycles. The first-order valence-corrected chi connectivity index (χ1v) is 5.22. The van der Waals surface area contributed by atoms with Crippen LogP contribution in [0.15, 0.2) is 23.7 Å². The molecule has 15 heavy (non-hydrogen) atoms. The van der Waals surface area contributed by atoms with E-state index in [1.807, 2.05) is 16.3 Å². The Labute approximate surface area is 90.8 Å². The van der Waals surface area contributed by atoms with Crippen LogP contribution in [0.5, 0.6) is 0 Å². The van der Waals surface area contributed by atoms with Gasteiger partial charge in [0.15, 0.2) is 0 Å². The van der Waals surface area contributed by atoms with E-state index in [0.717, 1.165) is 11.9 Å². The highest BCUT2D eigenvalue weighted by atomic mass is 32.1. The first-order chi connectivity index (χ1) is 7.16. The van der Waals surface area contributed by atoms with Crippen LogP contribution in [-0.2, 0) is 0 Å². The number of nitrogens with zero attached hydrogens (tertiary/aromatic N) is 2. The van der Waals surface area contributed by atoms with Gasteiger partial charge in [-0.3, -0.25) is 8.94 Å². The Hall–Kier alpha value is -1.62. The summed E-state index contributed by atoms with van der Waals surface area (Å²) in [7, 11) is 0. The molecule has 5 heteroatoms. The van der Waals surface area contributed by atoms with Crippen LogP contribution in [0, 0.1) is 12.7 Å². The highest BCUT2D eigenvalue weighted by Crippen LogP contribution is 2.14. The lowest BCUT2D eigenvalue weighted by Crippen LogP contribution is -2.03. The standard InChI is InChI=1S/C10H10FN3S/c1-7-6-15-14(7)5-9(12)10-3-2-8(11)4-13-10/h2-6H,12H2,1H3/b9-5-. The van der Waals surface area contributed by atoms with Crippen LogP contribution >= 0.6 is 11.5 Å². The average Bonchev–Trinajstić information content (AvgIpc) is 2.24. The molecule has 0 aliphatic carbocycles. The van der Waals surface area contributed by atoms with E-state index in [1.165, 1.54) is 6.07 Å². The van der Waals surface area contributed by atoms with Crippen LogP contribution in [0.2, 0.25) is 0 Å². The van der Waals surface area contributed by atoms with Crippen molar-refractivity contribution in [3.63, 3.8) is 0 Å². The van der Waals surface area contributed by atoms with E-state index in [2.05, 4.69) is 4.98 Å². The Balaban J connectivity index is 2.26. The van der Waals surface area contributed by atoms with Gasteiger partial charge in [0.25, 0.3) is 0 Å². The summed E-state index contributed by atoms with van der Waals surface area (Å²) >= 11 is 1.55. The van der Waals surface area contributed by atoms with Gasteiger partial charge in [-0.05, 0) is 19.1 Å². The van der Waals surface area contributed by atoms with Crippen molar-refractivity contribution < 1.29 is 4.39 Å². The quantitative estimate of drug-likeness (QED) is 0.849. The van der Waals surface area contributed by atoms with Crippen LogP contribution in [0.3, 0.4) is 0 Å². The molecule has 0 aliphatic heterocycles. The van der Waals surface area contributed by atoms with Crippen LogP contribution in [0.4, 0.5) is 4.39 Å². The van der Waals surface area contributed by atoms with Gasteiger partial charge in [-0.1, -0.05) is 11.5 Å². The molecule has 0 radical (unpaired) electrons. The summed E-state index contributed by atoms with van der Waals surface area (Å²) in [6, 6.07) is 2.90. The molecule has 2 aromatic heterocycles. The Kier molecular flexibility index (Phi) is 2.55. The number of aryl methyl sites for hydroxylation is 1. The van der Waals surface area contributed by atoms with Crippen molar-refractivity contribution in [2.24, 2.45) is 5.73 Å². The third-order valence-corrected chi connectivity index (χ3v) is 3.03. The second-order valence-electron chi connectivity index (χ2n) is 3.14. The van der Waals surface area contributed by atoms with Crippen molar-refractivity contribution in [1.29, 1.82) is 0 Å². The summed E-state index contributed by atoms with van der Waals surface area (Å²) in [6.45, 7) is 1.98. The minimum Gasteiger partial charge on any atom is -0.396 e. The minimum absolute atomic E-state index is 0.360. The number of aromatic nitrogens is 2. The maximum atomic E-state index is 12.6. The molecule has 0 fully saturated rings.